The van der Waals surface area contributed by atoms with E-state index in [9.17, 15) is 4.79 Å². The summed E-state index contributed by atoms with van der Waals surface area (Å²) in [6.07, 6.45) is 1.57. The van der Waals surface area contributed by atoms with Gasteiger partial charge in [-0.25, -0.2) is 9.78 Å². The summed E-state index contributed by atoms with van der Waals surface area (Å²) in [6, 6.07) is 12.2. The lowest BCUT2D eigenvalue weighted by Crippen LogP contribution is -2.04. The van der Waals surface area contributed by atoms with Crippen molar-refractivity contribution in [2.45, 2.75) is 13.5 Å². The van der Waals surface area contributed by atoms with E-state index in [4.69, 9.17) is 14.7 Å². The van der Waals surface area contributed by atoms with Gasteiger partial charge in [-0.3, -0.25) is 0 Å². The average Bonchev–Trinajstić information content (AvgIpc) is 2.54. The molecule has 0 aliphatic heterocycles. The van der Waals surface area contributed by atoms with Gasteiger partial charge in [0, 0.05) is 11.8 Å². The van der Waals surface area contributed by atoms with E-state index in [-0.39, 0.29) is 12.6 Å². The number of rotatable bonds is 5. The number of ether oxygens (including phenoxy) is 2. The van der Waals surface area contributed by atoms with Gasteiger partial charge < -0.3 is 9.47 Å². The van der Waals surface area contributed by atoms with Crippen molar-refractivity contribution in [3.05, 3.63) is 59.4 Å². The van der Waals surface area contributed by atoms with Crippen LogP contribution < -0.4 is 4.74 Å². The molecular formula is C16H14N2O3. The zero-order valence-electron chi connectivity index (χ0n) is 11.6. The van der Waals surface area contributed by atoms with E-state index < -0.39 is 0 Å². The van der Waals surface area contributed by atoms with E-state index in [1.807, 2.05) is 6.07 Å². The molecule has 1 aromatic heterocycles. The van der Waals surface area contributed by atoms with Crippen LogP contribution in [0.15, 0.2) is 42.6 Å². The molecule has 2 rings (SSSR count). The highest BCUT2D eigenvalue weighted by Crippen LogP contribution is 2.15. The van der Waals surface area contributed by atoms with Crippen molar-refractivity contribution in [1.82, 2.24) is 4.98 Å². The molecular weight excluding hydrogens is 268 g/mol. The lowest BCUT2D eigenvalue weighted by atomic mass is 10.2. The van der Waals surface area contributed by atoms with Gasteiger partial charge in [-0.05, 0) is 37.3 Å². The number of nitriles is 1. The van der Waals surface area contributed by atoms with Crippen LogP contribution in [0.3, 0.4) is 0 Å². The largest absolute Gasteiger partial charge is 0.489 e. The molecule has 0 aliphatic rings. The summed E-state index contributed by atoms with van der Waals surface area (Å²) in [5.41, 5.74) is 1.54. The van der Waals surface area contributed by atoms with Crippen molar-refractivity contribution in [2.24, 2.45) is 0 Å². The highest BCUT2D eigenvalue weighted by molar-refractivity contribution is 5.89. The predicted octanol–water partition coefficient (Wildman–Crippen LogP) is 2.71. The molecule has 0 saturated heterocycles. The molecule has 0 amide bonds. The number of nitrogens with zero attached hydrogens (tertiary/aromatic N) is 2. The summed E-state index contributed by atoms with van der Waals surface area (Å²) in [4.78, 5) is 15.5. The number of aromatic nitrogens is 1. The number of pyridine rings is 1. The quantitative estimate of drug-likeness (QED) is 0.788. The number of hydrogen-bond donors (Lipinski definition) is 0. The topological polar surface area (TPSA) is 72.2 Å². The van der Waals surface area contributed by atoms with Gasteiger partial charge in [0.15, 0.2) is 0 Å². The first-order valence-corrected chi connectivity index (χ1v) is 6.48. The molecule has 0 bridgehead atoms. The maximum atomic E-state index is 11.5. The van der Waals surface area contributed by atoms with Crippen molar-refractivity contribution in [1.29, 1.82) is 5.26 Å². The second kappa shape index (κ2) is 7.06. The second-order valence-electron chi connectivity index (χ2n) is 4.16. The maximum Gasteiger partial charge on any atom is 0.338 e. The monoisotopic (exact) mass is 282 g/mol. The fraction of sp³-hybridized carbons (Fsp3) is 0.188. The molecule has 0 N–H and O–H groups in total. The minimum absolute atomic E-state index is 0.246. The van der Waals surface area contributed by atoms with Gasteiger partial charge in [-0.1, -0.05) is 6.07 Å². The zero-order valence-corrected chi connectivity index (χ0v) is 11.6. The zero-order chi connectivity index (χ0) is 15.1. The van der Waals surface area contributed by atoms with Crippen molar-refractivity contribution < 1.29 is 14.3 Å². The first-order valence-electron chi connectivity index (χ1n) is 6.48. The van der Waals surface area contributed by atoms with Gasteiger partial charge in [0.05, 0.1) is 12.2 Å². The summed E-state index contributed by atoms with van der Waals surface area (Å²) in [6.45, 7) is 2.35. The van der Waals surface area contributed by atoms with E-state index in [1.165, 1.54) is 0 Å². The molecule has 0 atom stereocenters. The summed E-state index contributed by atoms with van der Waals surface area (Å²) in [5.74, 6) is 0.249. The molecule has 0 unspecified atom stereocenters. The Balaban J connectivity index is 2.01. The molecule has 106 valence electrons. The summed E-state index contributed by atoms with van der Waals surface area (Å²) in [5, 5.41) is 8.94. The fourth-order valence-electron chi connectivity index (χ4n) is 1.72. The van der Waals surface area contributed by atoms with Crippen molar-refractivity contribution in [2.75, 3.05) is 6.61 Å². The van der Waals surface area contributed by atoms with Gasteiger partial charge in [-0.2, -0.15) is 5.26 Å². The highest BCUT2D eigenvalue weighted by Gasteiger charge is 2.07. The van der Waals surface area contributed by atoms with Crippen LogP contribution in [-0.4, -0.2) is 17.6 Å². The molecule has 1 aromatic carbocycles. The Morgan fingerprint density at radius 1 is 1.29 bits per heavy atom. The fourth-order valence-corrected chi connectivity index (χ4v) is 1.72. The van der Waals surface area contributed by atoms with Crippen LogP contribution in [0.25, 0.3) is 0 Å². The first-order chi connectivity index (χ1) is 10.2. The Morgan fingerprint density at radius 3 is 2.71 bits per heavy atom. The third-order valence-corrected chi connectivity index (χ3v) is 2.76. The van der Waals surface area contributed by atoms with Crippen molar-refractivity contribution >= 4 is 5.97 Å². The Morgan fingerprint density at radius 2 is 2.05 bits per heavy atom. The molecule has 0 spiro atoms. The smallest absolute Gasteiger partial charge is 0.338 e. The number of esters is 1. The summed E-state index contributed by atoms with van der Waals surface area (Å²) >= 11 is 0. The molecule has 0 saturated carbocycles. The molecule has 5 nitrogen and oxygen atoms in total. The molecule has 5 heteroatoms. The first kappa shape index (κ1) is 14.5. The molecule has 0 radical (unpaired) electrons. The average molecular weight is 282 g/mol. The second-order valence-corrected chi connectivity index (χ2v) is 4.16. The van der Waals surface area contributed by atoms with Crippen LogP contribution in [0.4, 0.5) is 0 Å². The van der Waals surface area contributed by atoms with Gasteiger partial charge in [0.1, 0.15) is 24.1 Å². The van der Waals surface area contributed by atoms with Crippen molar-refractivity contribution in [3.8, 4) is 11.8 Å². The third kappa shape index (κ3) is 3.80. The number of carbonyl (C=O) groups excluding carboxylic acids is 1. The number of carbonyl (C=O) groups is 1. The van der Waals surface area contributed by atoms with Gasteiger partial charge in [-0.15, -0.1) is 0 Å². The third-order valence-electron chi connectivity index (χ3n) is 2.76. The Hall–Kier alpha value is -2.87. The molecule has 1 heterocycles. The van der Waals surface area contributed by atoms with Crippen LogP contribution in [-0.2, 0) is 11.3 Å². The number of benzene rings is 1. The van der Waals surface area contributed by atoms with Gasteiger partial charge in [0.2, 0.25) is 0 Å². The normalized spacial score (nSPS) is 9.71. The maximum absolute atomic E-state index is 11.5. The van der Waals surface area contributed by atoms with E-state index >= 15 is 0 Å². The Bertz CT molecular complexity index is 660. The Labute approximate surface area is 122 Å². The molecule has 0 aliphatic carbocycles. The molecule has 21 heavy (non-hydrogen) atoms. The van der Waals surface area contributed by atoms with Crippen LogP contribution in [0, 0.1) is 11.3 Å². The standard InChI is InChI=1S/C16H14N2O3/c1-2-20-16(19)12-5-7-14(8-6-12)21-11-13-4-3-9-18-15(13)10-17/h3-9H,2,11H2,1H3. The molecule has 0 fully saturated rings. The number of hydrogen-bond acceptors (Lipinski definition) is 5. The summed E-state index contributed by atoms with van der Waals surface area (Å²) < 4.78 is 10.5. The van der Waals surface area contributed by atoms with E-state index in [0.717, 1.165) is 5.56 Å². The van der Waals surface area contributed by atoms with E-state index in [2.05, 4.69) is 4.98 Å². The Kier molecular flexibility index (Phi) is 4.89. The van der Waals surface area contributed by atoms with Crippen molar-refractivity contribution in [3.63, 3.8) is 0 Å². The van der Waals surface area contributed by atoms with Crippen LogP contribution >= 0.6 is 0 Å². The molecule has 2 aromatic rings. The van der Waals surface area contributed by atoms with E-state index in [0.29, 0.717) is 23.6 Å². The minimum atomic E-state index is -0.358. The van der Waals surface area contributed by atoms with Gasteiger partial charge in [0.25, 0.3) is 0 Å². The minimum Gasteiger partial charge on any atom is -0.489 e. The summed E-state index contributed by atoms with van der Waals surface area (Å²) in [7, 11) is 0. The highest BCUT2D eigenvalue weighted by atomic mass is 16.5. The van der Waals surface area contributed by atoms with E-state index in [1.54, 1.807) is 49.5 Å². The SMILES string of the molecule is CCOC(=O)c1ccc(OCc2cccnc2C#N)cc1. The van der Waals surface area contributed by atoms with Crippen LogP contribution in [0.5, 0.6) is 5.75 Å². The van der Waals surface area contributed by atoms with Crippen LogP contribution in [0.2, 0.25) is 0 Å². The predicted molar refractivity (Wildman–Crippen MR) is 75.7 cm³/mol. The van der Waals surface area contributed by atoms with Crippen LogP contribution in [0.1, 0.15) is 28.5 Å². The van der Waals surface area contributed by atoms with Gasteiger partial charge >= 0.3 is 5.97 Å². The lowest BCUT2D eigenvalue weighted by Gasteiger charge is -2.08. The lowest BCUT2D eigenvalue weighted by molar-refractivity contribution is 0.0526.